The summed E-state index contributed by atoms with van der Waals surface area (Å²) < 4.78 is 5.40. The van der Waals surface area contributed by atoms with Crippen molar-refractivity contribution in [3.8, 4) is 0 Å². The van der Waals surface area contributed by atoms with Gasteiger partial charge >= 0.3 is 6.09 Å². The second-order valence-corrected chi connectivity index (χ2v) is 10.3. The third kappa shape index (κ3) is 11.3. The molecule has 2 aromatic carbocycles. The van der Waals surface area contributed by atoms with Crippen LogP contribution in [0.25, 0.3) is 0 Å². The second-order valence-electron chi connectivity index (χ2n) is 10.3. The van der Waals surface area contributed by atoms with Gasteiger partial charge in [0, 0.05) is 13.0 Å². The molecule has 2 rings (SSSR count). The number of nitrogens with zero attached hydrogens (tertiary/aromatic N) is 2. The van der Waals surface area contributed by atoms with Gasteiger partial charge in [0.05, 0.1) is 12.1 Å². The number of aldehydes is 1. The standard InChI is InChI=1S/C30H42N6O6.ClH/c1-21(2)26(31)30(41,27(39)35-24(19-37)16-10-18-34-28(32)33)36(29(40)42-20-23-13-7-4-8-14-23)25(38)17-9-15-22-11-5-3-6-12-22;/h3-8,11-14,19,21,24,26,41H,9-10,15-18,20,31H2,1-2H3,(H,35,39)(H4,32,33,34);1H/t24-,26+,30-;/m0./s1. The van der Waals surface area contributed by atoms with E-state index in [1.807, 2.05) is 30.3 Å². The van der Waals surface area contributed by atoms with Crippen molar-refractivity contribution >= 4 is 42.6 Å². The summed E-state index contributed by atoms with van der Waals surface area (Å²) >= 11 is 0. The van der Waals surface area contributed by atoms with E-state index in [-0.39, 0.29) is 44.4 Å². The fourth-order valence-electron chi connectivity index (χ4n) is 4.25. The van der Waals surface area contributed by atoms with Gasteiger partial charge < -0.3 is 37.2 Å². The Kier molecular flexibility index (Phi) is 15.9. The van der Waals surface area contributed by atoms with Gasteiger partial charge in [0.15, 0.2) is 5.96 Å². The lowest BCUT2D eigenvalue weighted by Crippen LogP contribution is -2.72. The Labute approximate surface area is 258 Å². The van der Waals surface area contributed by atoms with Crippen LogP contribution in [0, 0.1) is 5.92 Å². The summed E-state index contributed by atoms with van der Waals surface area (Å²) in [6.45, 7) is 3.24. The van der Waals surface area contributed by atoms with Crippen LogP contribution in [0.15, 0.2) is 65.7 Å². The zero-order valence-corrected chi connectivity index (χ0v) is 25.4. The van der Waals surface area contributed by atoms with Gasteiger partial charge in [-0.3, -0.25) is 14.6 Å². The molecule has 13 heteroatoms. The number of guanidine groups is 1. The molecule has 2 aromatic rings. The molecule has 0 saturated carbocycles. The Morgan fingerprint density at radius 1 is 1.02 bits per heavy atom. The van der Waals surface area contributed by atoms with E-state index in [1.165, 1.54) is 0 Å². The smallest absolute Gasteiger partial charge is 0.419 e. The molecule has 0 bridgehead atoms. The van der Waals surface area contributed by atoms with Gasteiger partial charge in [-0.1, -0.05) is 74.5 Å². The number of aliphatic hydroxyl groups is 1. The van der Waals surface area contributed by atoms with Gasteiger partial charge in [0.2, 0.25) is 11.6 Å². The molecule has 0 aliphatic heterocycles. The van der Waals surface area contributed by atoms with Crippen molar-refractivity contribution in [3.63, 3.8) is 0 Å². The summed E-state index contributed by atoms with van der Waals surface area (Å²) in [6.07, 6.45) is 0.345. The van der Waals surface area contributed by atoms with Crippen LogP contribution in [0.1, 0.15) is 50.7 Å². The highest BCUT2D eigenvalue weighted by atomic mass is 35.5. The number of hydrogen-bond donors (Lipinski definition) is 5. The molecular weight excluding hydrogens is 576 g/mol. The first-order chi connectivity index (χ1) is 20.0. The zero-order chi connectivity index (χ0) is 31.1. The molecule has 3 atom stereocenters. The largest absolute Gasteiger partial charge is 0.444 e. The lowest BCUT2D eigenvalue weighted by atomic mass is 9.90. The van der Waals surface area contributed by atoms with E-state index in [2.05, 4.69) is 10.3 Å². The molecule has 0 aliphatic rings. The Balaban J connectivity index is 0.00000924. The van der Waals surface area contributed by atoms with Gasteiger partial charge in [0.1, 0.15) is 12.9 Å². The highest BCUT2D eigenvalue weighted by Gasteiger charge is 2.54. The molecule has 236 valence electrons. The van der Waals surface area contributed by atoms with Crippen LogP contribution in [0.4, 0.5) is 4.79 Å². The maximum absolute atomic E-state index is 13.7. The molecule has 0 aromatic heterocycles. The number of halogens is 1. The fraction of sp³-hybridized carbons (Fsp3) is 0.433. The average molecular weight is 619 g/mol. The van der Waals surface area contributed by atoms with Crippen LogP contribution >= 0.6 is 12.4 Å². The molecule has 0 fully saturated rings. The third-order valence-corrected chi connectivity index (χ3v) is 6.64. The highest BCUT2D eigenvalue weighted by molar-refractivity contribution is 6.00. The summed E-state index contributed by atoms with van der Waals surface area (Å²) in [5.74, 6) is -2.72. The summed E-state index contributed by atoms with van der Waals surface area (Å²) in [5.41, 5.74) is 15.7. The van der Waals surface area contributed by atoms with Gasteiger partial charge in [-0.2, -0.15) is 0 Å². The van der Waals surface area contributed by atoms with Crippen molar-refractivity contribution in [3.05, 3.63) is 71.8 Å². The lowest BCUT2D eigenvalue weighted by molar-refractivity contribution is -0.177. The molecule has 43 heavy (non-hydrogen) atoms. The Morgan fingerprint density at radius 2 is 1.60 bits per heavy atom. The molecule has 3 amide bonds. The van der Waals surface area contributed by atoms with Gasteiger partial charge in [-0.15, -0.1) is 12.4 Å². The van der Waals surface area contributed by atoms with Crippen molar-refractivity contribution in [1.82, 2.24) is 10.2 Å². The Hall–Kier alpha value is -4.00. The lowest BCUT2D eigenvalue weighted by Gasteiger charge is -2.41. The van der Waals surface area contributed by atoms with Crippen molar-refractivity contribution in [1.29, 1.82) is 0 Å². The zero-order valence-electron chi connectivity index (χ0n) is 24.6. The number of carbonyl (C=O) groups is 4. The molecule has 8 N–H and O–H groups in total. The van der Waals surface area contributed by atoms with E-state index in [0.717, 1.165) is 5.56 Å². The van der Waals surface area contributed by atoms with Crippen LogP contribution in [-0.4, -0.2) is 64.5 Å². The van der Waals surface area contributed by atoms with Crippen molar-refractivity contribution in [2.75, 3.05) is 6.54 Å². The maximum atomic E-state index is 13.7. The summed E-state index contributed by atoms with van der Waals surface area (Å²) in [7, 11) is 0. The number of nitrogens with one attached hydrogen (secondary N) is 1. The highest BCUT2D eigenvalue weighted by Crippen LogP contribution is 2.25. The molecule has 0 saturated heterocycles. The fourth-order valence-corrected chi connectivity index (χ4v) is 4.25. The average Bonchev–Trinajstić information content (AvgIpc) is 2.97. The number of aliphatic imine (C=N–C) groups is 1. The number of benzene rings is 2. The van der Waals surface area contributed by atoms with Crippen LogP contribution in [0.3, 0.4) is 0 Å². The molecular formula is C30H43ClN6O6. The van der Waals surface area contributed by atoms with Crippen molar-refractivity contribution in [2.45, 2.75) is 70.4 Å². The van der Waals surface area contributed by atoms with E-state index in [9.17, 15) is 24.3 Å². The number of ether oxygens (including phenoxy) is 1. The van der Waals surface area contributed by atoms with Crippen molar-refractivity contribution < 1.29 is 29.0 Å². The van der Waals surface area contributed by atoms with E-state index >= 15 is 0 Å². The third-order valence-electron chi connectivity index (χ3n) is 6.64. The molecule has 0 aliphatic carbocycles. The Bertz CT molecular complexity index is 1200. The van der Waals surface area contributed by atoms with E-state index in [0.29, 0.717) is 36.0 Å². The minimum atomic E-state index is -2.87. The predicted octanol–water partition coefficient (Wildman–Crippen LogP) is 2.01. The summed E-state index contributed by atoms with van der Waals surface area (Å²) in [4.78, 5) is 56.8. The monoisotopic (exact) mass is 618 g/mol. The van der Waals surface area contributed by atoms with Crippen molar-refractivity contribution in [2.24, 2.45) is 28.1 Å². The Morgan fingerprint density at radius 3 is 2.14 bits per heavy atom. The first-order valence-electron chi connectivity index (χ1n) is 13.9. The van der Waals surface area contributed by atoms with Crippen LogP contribution in [0.2, 0.25) is 0 Å². The van der Waals surface area contributed by atoms with E-state index < -0.39 is 41.6 Å². The van der Waals surface area contributed by atoms with Gasteiger partial charge in [-0.25, -0.2) is 9.69 Å². The number of amides is 3. The van der Waals surface area contributed by atoms with E-state index in [4.69, 9.17) is 21.9 Å². The van der Waals surface area contributed by atoms with Crippen LogP contribution < -0.4 is 22.5 Å². The second kappa shape index (κ2) is 18.5. The summed E-state index contributed by atoms with van der Waals surface area (Å²) in [5, 5.41) is 14.3. The number of imide groups is 1. The summed E-state index contributed by atoms with van der Waals surface area (Å²) in [6, 6.07) is 15.7. The SMILES string of the molecule is CC(C)[C@@H](N)[C@](O)(C(=O)N[C@H](C=O)CCCN=C(N)N)N(C(=O)CCCc1ccccc1)C(=O)OCc1ccccc1.Cl. The quantitative estimate of drug-likeness (QED) is 0.0612. The molecule has 0 spiro atoms. The predicted molar refractivity (Wildman–Crippen MR) is 166 cm³/mol. The first-order valence-corrected chi connectivity index (χ1v) is 13.9. The number of nitrogens with two attached hydrogens (primary N) is 3. The van der Waals surface area contributed by atoms with Gasteiger partial charge in [0.25, 0.3) is 5.91 Å². The molecule has 0 radical (unpaired) electrons. The van der Waals surface area contributed by atoms with Gasteiger partial charge in [-0.05, 0) is 42.7 Å². The minimum absolute atomic E-state index is 0. The topological polar surface area (TPSA) is 203 Å². The minimum Gasteiger partial charge on any atom is -0.444 e. The maximum Gasteiger partial charge on any atom is 0.419 e. The molecule has 0 heterocycles. The number of rotatable bonds is 16. The number of carbonyl (C=O) groups excluding carboxylic acids is 4. The van der Waals surface area contributed by atoms with Crippen LogP contribution in [0.5, 0.6) is 0 Å². The number of hydrogen-bond acceptors (Lipinski definition) is 8. The normalized spacial score (nSPS) is 13.4. The first kappa shape index (κ1) is 37.0. The van der Waals surface area contributed by atoms with Crippen LogP contribution in [-0.2, 0) is 32.1 Å². The number of aryl methyl sites for hydroxylation is 1. The molecule has 0 unspecified atom stereocenters. The molecule has 12 nitrogen and oxygen atoms in total. The van der Waals surface area contributed by atoms with E-state index in [1.54, 1.807) is 44.2 Å².